The van der Waals surface area contributed by atoms with Crippen LogP contribution < -0.4 is 20.7 Å². The topological polar surface area (TPSA) is 9.86 Å². The van der Waals surface area contributed by atoms with Crippen LogP contribution in [0.4, 0.5) is 0 Å². The first-order valence-electron chi connectivity index (χ1n) is 21.8. The van der Waals surface area contributed by atoms with Gasteiger partial charge >= 0.3 is 0 Å². The first-order valence-corrected chi connectivity index (χ1v) is 23.8. The minimum atomic E-state index is -2.77. The minimum Gasteiger partial charge on any atom is -0.309 e. The molecule has 2 aromatic heterocycles. The molecule has 0 fully saturated rings. The van der Waals surface area contributed by atoms with Crippen LogP contribution in [0.15, 0.2) is 255 Å². The van der Waals surface area contributed by atoms with Gasteiger partial charge in [-0.25, -0.2) is 0 Å². The van der Waals surface area contributed by atoms with Crippen LogP contribution in [0.5, 0.6) is 0 Å². The largest absolute Gasteiger partial charge is 0.309 e. The number of hydrogen-bond acceptors (Lipinski definition) is 0. The lowest BCUT2D eigenvalue weighted by Crippen LogP contribution is -2.74. The highest BCUT2D eigenvalue weighted by Crippen LogP contribution is 2.43. The highest BCUT2D eigenvalue weighted by molar-refractivity contribution is 7.20. The molecule has 2 nitrogen and oxygen atoms in total. The summed E-state index contributed by atoms with van der Waals surface area (Å²) in [5.41, 5.74) is 11.8. The van der Waals surface area contributed by atoms with Gasteiger partial charge in [0.25, 0.3) is 0 Å². The van der Waals surface area contributed by atoms with Crippen molar-refractivity contribution in [1.29, 1.82) is 0 Å². The molecular formula is C60H42N2Si. The molecule has 3 heteroatoms. The van der Waals surface area contributed by atoms with Crippen molar-refractivity contribution in [3.05, 3.63) is 255 Å². The zero-order chi connectivity index (χ0) is 41.7. The van der Waals surface area contributed by atoms with Crippen molar-refractivity contribution in [3.63, 3.8) is 0 Å². The Morgan fingerprint density at radius 1 is 0.270 bits per heavy atom. The second-order valence-corrected chi connectivity index (χ2v) is 20.2. The average molecular weight is 819 g/mol. The summed E-state index contributed by atoms with van der Waals surface area (Å²) in [5.74, 6) is 0. The monoisotopic (exact) mass is 818 g/mol. The molecular weight excluding hydrogens is 777 g/mol. The number of rotatable bonds is 8. The maximum Gasteiger partial charge on any atom is 0.179 e. The summed E-state index contributed by atoms with van der Waals surface area (Å²) in [4.78, 5) is 0. The van der Waals surface area contributed by atoms with Crippen molar-refractivity contribution in [3.8, 4) is 33.6 Å². The lowest BCUT2D eigenvalue weighted by Gasteiger charge is -2.34. The molecule has 296 valence electrons. The van der Waals surface area contributed by atoms with Crippen LogP contribution in [-0.4, -0.2) is 17.2 Å². The Bertz CT molecular complexity index is 3500. The maximum atomic E-state index is 2.52. The summed E-state index contributed by atoms with van der Waals surface area (Å²) in [5, 5.41) is 10.4. The molecule has 0 aliphatic rings. The third-order valence-corrected chi connectivity index (χ3v) is 17.8. The molecule has 0 saturated carbocycles. The standard InChI is InChI=1S/C60H42N2Si/c1-6-22-43(23-7-1)50-32-16-19-35-55(50)62-57-37-21-18-34-52(57)60-53(44-24-8-2-9-25-44)40-45(41-59(60)62)61-56-36-20-17-33-51(56)54-42-49(38-39-58(54)61)63(46-26-10-3-11-27-46,47-28-12-4-13-29-47)48-30-14-5-15-31-48/h1-42H. The number of fused-ring (bicyclic) bond motifs is 6. The van der Waals surface area contributed by atoms with Crippen molar-refractivity contribution in [2.45, 2.75) is 0 Å². The van der Waals surface area contributed by atoms with E-state index in [1.54, 1.807) is 0 Å². The summed E-state index contributed by atoms with van der Waals surface area (Å²) in [6.45, 7) is 0. The number of hydrogen-bond donors (Lipinski definition) is 0. The van der Waals surface area contributed by atoms with Gasteiger partial charge in [-0.3, -0.25) is 0 Å². The lowest BCUT2D eigenvalue weighted by atomic mass is 9.98. The van der Waals surface area contributed by atoms with Gasteiger partial charge in [-0.2, -0.15) is 0 Å². The fourth-order valence-electron chi connectivity index (χ4n) is 10.4. The predicted octanol–water partition coefficient (Wildman–Crippen LogP) is 12.6. The molecule has 0 aliphatic carbocycles. The second kappa shape index (κ2) is 15.2. The molecule has 0 spiro atoms. The van der Waals surface area contributed by atoms with Crippen molar-refractivity contribution < 1.29 is 0 Å². The van der Waals surface area contributed by atoms with E-state index in [4.69, 9.17) is 0 Å². The van der Waals surface area contributed by atoms with E-state index in [0.717, 1.165) is 11.4 Å². The first kappa shape index (κ1) is 36.8. The van der Waals surface area contributed by atoms with Crippen molar-refractivity contribution in [2.75, 3.05) is 0 Å². The Morgan fingerprint density at radius 2 is 0.730 bits per heavy atom. The van der Waals surface area contributed by atoms with Gasteiger partial charge in [-0.1, -0.05) is 218 Å². The van der Waals surface area contributed by atoms with E-state index in [-0.39, 0.29) is 0 Å². The zero-order valence-electron chi connectivity index (χ0n) is 34.6. The molecule has 12 aromatic rings. The molecule has 0 aliphatic heterocycles. The van der Waals surface area contributed by atoms with Crippen molar-refractivity contribution in [1.82, 2.24) is 9.13 Å². The van der Waals surface area contributed by atoms with Gasteiger partial charge in [-0.05, 0) is 73.8 Å². The highest BCUT2D eigenvalue weighted by atomic mass is 28.3. The molecule has 0 N–H and O–H groups in total. The molecule has 10 aromatic carbocycles. The van der Waals surface area contributed by atoms with Crippen LogP contribution in [-0.2, 0) is 0 Å². The Kier molecular flexibility index (Phi) is 8.87. The molecule has 0 bridgehead atoms. The number of aromatic nitrogens is 2. The van der Waals surface area contributed by atoms with E-state index in [9.17, 15) is 0 Å². The van der Waals surface area contributed by atoms with Crippen LogP contribution in [0.25, 0.3) is 77.2 Å². The van der Waals surface area contributed by atoms with Gasteiger partial charge in [-0.15, -0.1) is 0 Å². The maximum absolute atomic E-state index is 2.77. The summed E-state index contributed by atoms with van der Waals surface area (Å²) in [6.07, 6.45) is 0. The fraction of sp³-hybridized carbons (Fsp3) is 0. The van der Waals surface area contributed by atoms with Crippen LogP contribution in [0.2, 0.25) is 0 Å². The normalized spacial score (nSPS) is 11.8. The number of benzene rings is 10. The Hall–Kier alpha value is -7.98. The summed E-state index contributed by atoms with van der Waals surface area (Å²) >= 11 is 0. The molecule has 0 unspecified atom stereocenters. The zero-order valence-corrected chi connectivity index (χ0v) is 35.6. The highest BCUT2D eigenvalue weighted by Gasteiger charge is 2.41. The van der Waals surface area contributed by atoms with Crippen LogP contribution >= 0.6 is 0 Å². The van der Waals surface area contributed by atoms with E-state index < -0.39 is 8.07 Å². The van der Waals surface area contributed by atoms with Crippen LogP contribution in [0, 0.1) is 0 Å². The van der Waals surface area contributed by atoms with Crippen LogP contribution in [0.3, 0.4) is 0 Å². The smallest absolute Gasteiger partial charge is 0.179 e. The van der Waals surface area contributed by atoms with Gasteiger partial charge in [0.1, 0.15) is 0 Å². The van der Waals surface area contributed by atoms with E-state index in [0.29, 0.717) is 0 Å². The Balaban J connectivity index is 1.18. The number of para-hydroxylation sites is 3. The molecule has 63 heavy (non-hydrogen) atoms. The summed E-state index contributed by atoms with van der Waals surface area (Å²) < 4.78 is 5.00. The third kappa shape index (κ3) is 5.85. The van der Waals surface area contributed by atoms with Crippen LogP contribution in [0.1, 0.15) is 0 Å². The molecule has 2 heterocycles. The van der Waals surface area contributed by atoms with Gasteiger partial charge in [0, 0.05) is 32.8 Å². The summed E-state index contributed by atoms with van der Waals surface area (Å²) in [6, 6.07) is 94.3. The van der Waals surface area contributed by atoms with Gasteiger partial charge < -0.3 is 9.13 Å². The molecule has 0 radical (unpaired) electrons. The summed E-state index contributed by atoms with van der Waals surface area (Å²) in [7, 11) is -2.77. The molecule has 0 atom stereocenters. The lowest BCUT2D eigenvalue weighted by molar-refractivity contribution is 1.16. The van der Waals surface area contributed by atoms with Gasteiger partial charge in [0.05, 0.1) is 27.8 Å². The van der Waals surface area contributed by atoms with Gasteiger partial charge in [0.2, 0.25) is 0 Å². The van der Waals surface area contributed by atoms with E-state index in [2.05, 4.69) is 264 Å². The first-order chi connectivity index (χ1) is 31.3. The molecule has 12 rings (SSSR count). The quantitative estimate of drug-likeness (QED) is 0.107. The second-order valence-electron chi connectivity index (χ2n) is 16.4. The predicted molar refractivity (Wildman–Crippen MR) is 270 cm³/mol. The Labute approximate surface area is 368 Å². The van der Waals surface area contributed by atoms with E-state index in [1.165, 1.54) is 86.6 Å². The molecule has 0 amide bonds. The molecule has 0 saturated heterocycles. The fourth-order valence-corrected chi connectivity index (χ4v) is 15.2. The number of nitrogens with zero attached hydrogens (tertiary/aromatic N) is 2. The Morgan fingerprint density at radius 3 is 1.33 bits per heavy atom. The van der Waals surface area contributed by atoms with E-state index >= 15 is 0 Å². The minimum absolute atomic E-state index is 1.12. The van der Waals surface area contributed by atoms with E-state index in [1.807, 2.05) is 0 Å². The van der Waals surface area contributed by atoms with Gasteiger partial charge in [0.15, 0.2) is 8.07 Å². The van der Waals surface area contributed by atoms with Crippen molar-refractivity contribution >= 4 is 72.4 Å². The SMILES string of the molecule is c1ccc(-c2ccccc2-n2c3ccccc3c3c(-c4ccccc4)cc(-n4c5ccccc5c5cc([Si](c6ccccc6)(c6ccccc6)c6ccccc6)ccc54)cc32)cc1. The third-order valence-electron chi connectivity index (χ3n) is 13.1. The average Bonchev–Trinajstić information content (AvgIpc) is 3.88. The van der Waals surface area contributed by atoms with Crippen molar-refractivity contribution in [2.24, 2.45) is 0 Å².